The van der Waals surface area contributed by atoms with E-state index in [4.69, 9.17) is 4.74 Å². The lowest BCUT2D eigenvalue weighted by Crippen LogP contribution is -2.49. The summed E-state index contributed by atoms with van der Waals surface area (Å²) in [6, 6.07) is 9.47. The van der Waals surface area contributed by atoms with Gasteiger partial charge in [-0.2, -0.15) is 0 Å². The largest absolute Gasteiger partial charge is 0.494 e. The summed E-state index contributed by atoms with van der Waals surface area (Å²) >= 11 is 0. The minimum Gasteiger partial charge on any atom is -0.494 e. The first-order valence-electron chi connectivity index (χ1n) is 8.53. The zero-order valence-corrected chi connectivity index (χ0v) is 13.3. The lowest BCUT2D eigenvalue weighted by atomic mass is 10.1. The maximum atomic E-state index is 5.50. The third-order valence-corrected chi connectivity index (χ3v) is 4.89. The standard InChI is InChI=1S/C18H28N2O/c1-2-21-18-9-7-16(8-10-18)15-19-11-13-20(14-12-19)17-5-3-4-6-17/h7-10,17H,2-6,11-15H2,1H3. The second-order valence-electron chi connectivity index (χ2n) is 6.33. The Morgan fingerprint density at radius 2 is 1.67 bits per heavy atom. The molecule has 1 aromatic carbocycles. The molecule has 116 valence electrons. The van der Waals surface area contributed by atoms with E-state index < -0.39 is 0 Å². The van der Waals surface area contributed by atoms with Crippen molar-refractivity contribution in [1.29, 1.82) is 0 Å². The molecule has 0 aromatic heterocycles. The highest BCUT2D eigenvalue weighted by Crippen LogP contribution is 2.24. The van der Waals surface area contributed by atoms with Gasteiger partial charge in [0.05, 0.1) is 6.61 Å². The molecule has 0 atom stereocenters. The van der Waals surface area contributed by atoms with E-state index in [1.807, 2.05) is 6.92 Å². The summed E-state index contributed by atoms with van der Waals surface area (Å²) < 4.78 is 5.50. The van der Waals surface area contributed by atoms with Crippen LogP contribution in [0.15, 0.2) is 24.3 Å². The van der Waals surface area contributed by atoms with Gasteiger partial charge in [-0.3, -0.25) is 9.80 Å². The first-order valence-corrected chi connectivity index (χ1v) is 8.53. The fraction of sp³-hybridized carbons (Fsp3) is 0.667. The van der Waals surface area contributed by atoms with Crippen molar-refractivity contribution in [1.82, 2.24) is 9.80 Å². The van der Waals surface area contributed by atoms with Gasteiger partial charge in [0.25, 0.3) is 0 Å². The van der Waals surface area contributed by atoms with Gasteiger partial charge in [-0.25, -0.2) is 0 Å². The highest BCUT2D eigenvalue weighted by Gasteiger charge is 2.25. The summed E-state index contributed by atoms with van der Waals surface area (Å²) in [5, 5.41) is 0. The van der Waals surface area contributed by atoms with Gasteiger partial charge in [-0.15, -0.1) is 0 Å². The minimum absolute atomic E-state index is 0.739. The van der Waals surface area contributed by atoms with Gasteiger partial charge >= 0.3 is 0 Å². The predicted octanol–water partition coefficient (Wildman–Crippen LogP) is 3.15. The average molecular weight is 288 g/mol. The Kier molecular flexibility index (Phi) is 5.15. The van der Waals surface area contributed by atoms with E-state index in [9.17, 15) is 0 Å². The first kappa shape index (κ1) is 14.9. The number of rotatable bonds is 5. The van der Waals surface area contributed by atoms with Crippen molar-refractivity contribution in [2.75, 3.05) is 32.8 Å². The Morgan fingerprint density at radius 3 is 2.29 bits per heavy atom. The van der Waals surface area contributed by atoms with Crippen LogP contribution in [0.4, 0.5) is 0 Å². The second kappa shape index (κ2) is 7.28. The van der Waals surface area contributed by atoms with Gasteiger partial charge in [0, 0.05) is 38.8 Å². The molecule has 0 unspecified atom stereocenters. The van der Waals surface area contributed by atoms with Gasteiger partial charge in [-0.1, -0.05) is 25.0 Å². The van der Waals surface area contributed by atoms with Crippen molar-refractivity contribution in [3.8, 4) is 5.75 Å². The van der Waals surface area contributed by atoms with Crippen molar-refractivity contribution >= 4 is 0 Å². The Bertz CT molecular complexity index is 417. The molecule has 1 aliphatic heterocycles. The van der Waals surface area contributed by atoms with E-state index in [2.05, 4.69) is 34.1 Å². The van der Waals surface area contributed by atoms with E-state index >= 15 is 0 Å². The van der Waals surface area contributed by atoms with Crippen LogP contribution in [0.1, 0.15) is 38.2 Å². The Hall–Kier alpha value is -1.06. The molecule has 0 N–H and O–H groups in total. The maximum absolute atomic E-state index is 5.50. The van der Waals surface area contributed by atoms with Crippen LogP contribution in [0.25, 0.3) is 0 Å². The fourth-order valence-corrected chi connectivity index (χ4v) is 3.67. The summed E-state index contributed by atoms with van der Waals surface area (Å²) in [5.41, 5.74) is 1.40. The molecule has 2 fully saturated rings. The molecule has 1 saturated heterocycles. The number of ether oxygens (including phenoxy) is 1. The Labute approximate surface area is 128 Å². The van der Waals surface area contributed by atoms with Crippen molar-refractivity contribution in [2.45, 2.75) is 45.2 Å². The van der Waals surface area contributed by atoms with Gasteiger partial charge in [0.2, 0.25) is 0 Å². The van der Waals surface area contributed by atoms with Crippen LogP contribution in [0, 0.1) is 0 Å². The second-order valence-corrected chi connectivity index (χ2v) is 6.33. The molecule has 0 radical (unpaired) electrons. The maximum Gasteiger partial charge on any atom is 0.119 e. The number of hydrogen-bond acceptors (Lipinski definition) is 3. The van der Waals surface area contributed by atoms with E-state index in [0.29, 0.717) is 0 Å². The number of benzene rings is 1. The van der Waals surface area contributed by atoms with E-state index in [1.54, 1.807) is 0 Å². The van der Waals surface area contributed by atoms with Crippen LogP contribution in [0.5, 0.6) is 5.75 Å². The Balaban J connectivity index is 1.46. The van der Waals surface area contributed by atoms with Crippen molar-refractivity contribution in [3.05, 3.63) is 29.8 Å². The van der Waals surface area contributed by atoms with Crippen LogP contribution >= 0.6 is 0 Å². The molecule has 1 aliphatic carbocycles. The smallest absolute Gasteiger partial charge is 0.119 e. The molecule has 1 saturated carbocycles. The molecule has 3 rings (SSSR count). The van der Waals surface area contributed by atoms with Gasteiger partial charge in [0.15, 0.2) is 0 Å². The molecular formula is C18H28N2O. The van der Waals surface area contributed by atoms with Gasteiger partial charge in [-0.05, 0) is 37.5 Å². The topological polar surface area (TPSA) is 15.7 Å². The zero-order chi connectivity index (χ0) is 14.5. The molecule has 2 aliphatic rings. The van der Waals surface area contributed by atoms with Crippen molar-refractivity contribution in [3.63, 3.8) is 0 Å². The monoisotopic (exact) mass is 288 g/mol. The van der Waals surface area contributed by atoms with Crippen LogP contribution < -0.4 is 4.74 Å². The van der Waals surface area contributed by atoms with Crippen molar-refractivity contribution in [2.24, 2.45) is 0 Å². The molecule has 0 bridgehead atoms. The van der Waals surface area contributed by atoms with Crippen LogP contribution in [0.3, 0.4) is 0 Å². The van der Waals surface area contributed by atoms with E-state index in [0.717, 1.165) is 24.9 Å². The van der Waals surface area contributed by atoms with Crippen LogP contribution in [0.2, 0.25) is 0 Å². The normalized spacial score (nSPS) is 21.8. The zero-order valence-electron chi connectivity index (χ0n) is 13.3. The Morgan fingerprint density at radius 1 is 1.00 bits per heavy atom. The average Bonchev–Trinajstić information content (AvgIpc) is 3.05. The highest BCUT2D eigenvalue weighted by atomic mass is 16.5. The number of nitrogens with zero attached hydrogens (tertiary/aromatic N) is 2. The summed E-state index contributed by atoms with van der Waals surface area (Å²) in [4.78, 5) is 5.31. The molecule has 3 nitrogen and oxygen atoms in total. The third-order valence-electron chi connectivity index (χ3n) is 4.89. The SMILES string of the molecule is CCOc1ccc(CN2CCN(C3CCCC3)CC2)cc1. The van der Waals surface area contributed by atoms with E-state index in [-0.39, 0.29) is 0 Å². The number of hydrogen-bond donors (Lipinski definition) is 0. The number of piperazine rings is 1. The summed E-state index contributed by atoms with van der Waals surface area (Å²) in [6.07, 6.45) is 5.74. The molecule has 21 heavy (non-hydrogen) atoms. The molecule has 0 amide bonds. The summed E-state index contributed by atoms with van der Waals surface area (Å²) in [5.74, 6) is 0.979. The van der Waals surface area contributed by atoms with Crippen LogP contribution in [-0.2, 0) is 6.54 Å². The summed E-state index contributed by atoms with van der Waals surface area (Å²) in [7, 11) is 0. The van der Waals surface area contributed by atoms with Crippen LogP contribution in [-0.4, -0.2) is 48.6 Å². The lowest BCUT2D eigenvalue weighted by molar-refractivity contribution is 0.0937. The highest BCUT2D eigenvalue weighted by molar-refractivity contribution is 5.27. The third kappa shape index (κ3) is 3.98. The van der Waals surface area contributed by atoms with Gasteiger partial charge < -0.3 is 4.74 Å². The van der Waals surface area contributed by atoms with Crippen molar-refractivity contribution < 1.29 is 4.74 Å². The lowest BCUT2D eigenvalue weighted by Gasteiger charge is -2.38. The van der Waals surface area contributed by atoms with E-state index in [1.165, 1.54) is 57.4 Å². The first-order chi connectivity index (χ1) is 10.3. The van der Waals surface area contributed by atoms with Gasteiger partial charge in [0.1, 0.15) is 5.75 Å². The molecular weight excluding hydrogens is 260 g/mol. The molecule has 1 aromatic rings. The molecule has 3 heteroatoms. The quantitative estimate of drug-likeness (QED) is 0.828. The predicted molar refractivity (Wildman–Crippen MR) is 86.7 cm³/mol. The molecule has 1 heterocycles. The summed E-state index contributed by atoms with van der Waals surface area (Å²) in [6.45, 7) is 8.77. The fourth-order valence-electron chi connectivity index (χ4n) is 3.67. The minimum atomic E-state index is 0.739. The molecule has 0 spiro atoms.